The summed E-state index contributed by atoms with van der Waals surface area (Å²) in [5.74, 6) is -2.29. The van der Waals surface area contributed by atoms with Gasteiger partial charge in [-0.15, -0.1) is 0 Å². The molecule has 0 unspecified atom stereocenters. The molecule has 2 fully saturated rings. The fraction of sp³-hybridized carbons (Fsp3) is 0.824. The van der Waals surface area contributed by atoms with Crippen molar-refractivity contribution in [3.8, 4) is 0 Å². The van der Waals surface area contributed by atoms with E-state index >= 15 is 4.39 Å². The molecule has 1 aromatic rings. The number of nitrogens with zero attached hydrogens (tertiary/aromatic N) is 1. The van der Waals surface area contributed by atoms with Gasteiger partial charge < -0.3 is 4.90 Å². The number of benzene rings is 1. The van der Waals surface area contributed by atoms with Crippen LogP contribution in [0.15, 0.2) is 24.3 Å². The number of hydrogen-bond donors (Lipinski definition) is 0. The molecule has 0 saturated heterocycles. The molecule has 0 spiro atoms. The van der Waals surface area contributed by atoms with Gasteiger partial charge in [0.25, 0.3) is 0 Å². The second kappa shape index (κ2) is 13.6. The second-order valence-corrected chi connectivity index (χ2v) is 13.9. The van der Waals surface area contributed by atoms with Gasteiger partial charge in [-0.1, -0.05) is 70.2 Å². The minimum atomic E-state index is -5.44. The van der Waals surface area contributed by atoms with Crippen LogP contribution in [0.1, 0.15) is 114 Å². The van der Waals surface area contributed by atoms with E-state index < -0.39 is 24.7 Å². The van der Waals surface area contributed by atoms with Crippen molar-refractivity contribution in [1.29, 1.82) is 0 Å². The normalized spacial score (nSPS) is 31.7. The Balaban J connectivity index is 1.17. The average Bonchev–Trinajstić information content (AvgIpc) is 3.20. The van der Waals surface area contributed by atoms with E-state index in [0.29, 0.717) is 42.9 Å². The molecule has 0 heterocycles. The molecule has 7 heteroatoms. The van der Waals surface area contributed by atoms with Crippen LogP contribution < -0.4 is 0 Å². The maximum absolute atomic E-state index is 16.0. The highest BCUT2D eigenvalue weighted by Crippen LogP contribution is 2.65. The highest BCUT2D eigenvalue weighted by Gasteiger charge is 2.59. The summed E-state index contributed by atoms with van der Waals surface area (Å²) in [6.07, 6.45) is 4.35. The number of fused-ring (bicyclic) bond motifs is 5. The summed E-state index contributed by atoms with van der Waals surface area (Å²) in [5, 5.41) is 0. The first-order valence-corrected chi connectivity index (χ1v) is 16.2. The number of rotatable bonds is 14. The van der Waals surface area contributed by atoms with Crippen LogP contribution in [-0.2, 0) is 6.42 Å². The van der Waals surface area contributed by atoms with E-state index in [4.69, 9.17) is 0 Å². The minimum Gasteiger partial charge on any atom is -0.306 e. The van der Waals surface area contributed by atoms with E-state index in [9.17, 15) is 22.0 Å². The summed E-state index contributed by atoms with van der Waals surface area (Å²) in [5.41, 5.74) is 2.77. The smallest absolute Gasteiger partial charge is 0.306 e. The molecule has 0 aromatic heterocycles. The van der Waals surface area contributed by atoms with Gasteiger partial charge in [-0.25, -0.2) is 4.39 Å². The molecule has 7 atom stereocenters. The largest absolute Gasteiger partial charge is 0.453 e. The first-order valence-electron chi connectivity index (χ1n) is 16.2. The van der Waals surface area contributed by atoms with E-state index in [-0.39, 0.29) is 17.8 Å². The van der Waals surface area contributed by atoms with E-state index in [1.165, 1.54) is 36.8 Å². The summed E-state index contributed by atoms with van der Waals surface area (Å²) in [6.45, 7) is 6.63. The number of unbranched alkanes of at least 4 members (excludes halogenated alkanes) is 6. The molecule has 234 valence electrons. The number of halogens is 6. The van der Waals surface area contributed by atoms with E-state index in [1.807, 2.05) is 0 Å². The van der Waals surface area contributed by atoms with Gasteiger partial charge in [0.05, 0.1) is 0 Å². The third kappa shape index (κ3) is 7.47. The molecule has 1 aromatic carbocycles. The Morgan fingerprint density at radius 3 is 2.22 bits per heavy atom. The van der Waals surface area contributed by atoms with Gasteiger partial charge in [-0.3, -0.25) is 0 Å². The quantitative estimate of drug-likeness (QED) is 0.155. The van der Waals surface area contributed by atoms with Crippen molar-refractivity contribution in [2.75, 3.05) is 20.1 Å². The van der Waals surface area contributed by atoms with Crippen molar-refractivity contribution in [2.45, 2.75) is 128 Å². The van der Waals surface area contributed by atoms with Gasteiger partial charge in [-0.05, 0) is 112 Å². The first kappa shape index (κ1) is 32.7. The molecule has 2 saturated carbocycles. The Hall–Kier alpha value is -1.24. The molecule has 0 amide bonds. The Bertz CT molecular complexity index is 963. The van der Waals surface area contributed by atoms with E-state index in [0.717, 1.165) is 45.2 Å². The maximum Gasteiger partial charge on any atom is 0.453 e. The van der Waals surface area contributed by atoms with Crippen LogP contribution in [-0.4, -0.2) is 43.3 Å². The lowest BCUT2D eigenvalue weighted by Gasteiger charge is -2.55. The number of hydrogen-bond acceptors (Lipinski definition) is 1. The summed E-state index contributed by atoms with van der Waals surface area (Å²) < 4.78 is 78.6. The Kier molecular flexibility index (Phi) is 10.8. The van der Waals surface area contributed by atoms with Crippen molar-refractivity contribution in [3.63, 3.8) is 0 Å². The molecular weight excluding hydrogens is 536 g/mol. The van der Waals surface area contributed by atoms with E-state index in [2.05, 4.69) is 50.1 Å². The van der Waals surface area contributed by atoms with Gasteiger partial charge in [0, 0.05) is 12.3 Å². The zero-order chi connectivity index (χ0) is 29.8. The monoisotopic (exact) mass is 587 g/mol. The van der Waals surface area contributed by atoms with Gasteiger partial charge in [0.1, 0.15) is 6.17 Å². The standard InChI is InChI=1S/C34H51F6N/c1-24-17-18-28-30-26(22-25-14-9-10-16-27(25)31(30)29(35)23-32(24,28)2)15-8-7-13-21-41(3)20-12-6-4-5-11-19-33(36,37)34(38,39)40/h9-10,14,16,24,26,28-31H,4-8,11-13,15,17-23H2,1-3H3/t24-,26-,28+,29+,30+,31+,32-/m1/s1. The number of alkyl halides is 6. The lowest BCUT2D eigenvalue weighted by molar-refractivity contribution is -0.284. The van der Waals surface area contributed by atoms with Crippen LogP contribution in [0.4, 0.5) is 26.3 Å². The van der Waals surface area contributed by atoms with Gasteiger partial charge in [0.2, 0.25) is 0 Å². The minimum absolute atomic E-state index is 0.0561. The molecule has 0 radical (unpaired) electrons. The molecule has 0 N–H and O–H groups in total. The Labute approximate surface area is 243 Å². The Morgan fingerprint density at radius 2 is 1.51 bits per heavy atom. The molecular formula is C34H51F6N. The topological polar surface area (TPSA) is 3.24 Å². The zero-order valence-corrected chi connectivity index (χ0v) is 25.3. The van der Waals surface area contributed by atoms with Crippen molar-refractivity contribution in [1.82, 2.24) is 4.90 Å². The Morgan fingerprint density at radius 1 is 0.878 bits per heavy atom. The van der Waals surface area contributed by atoms with Crippen molar-refractivity contribution >= 4 is 0 Å². The summed E-state index contributed by atoms with van der Waals surface area (Å²) in [7, 11) is 2.10. The van der Waals surface area contributed by atoms with Crippen molar-refractivity contribution < 1.29 is 26.3 Å². The van der Waals surface area contributed by atoms with Crippen molar-refractivity contribution in [2.24, 2.45) is 29.1 Å². The lowest BCUT2D eigenvalue weighted by atomic mass is 9.50. The van der Waals surface area contributed by atoms with Crippen LogP contribution in [0, 0.1) is 29.1 Å². The maximum atomic E-state index is 16.0. The highest BCUT2D eigenvalue weighted by molar-refractivity contribution is 5.37. The molecule has 41 heavy (non-hydrogen) atoms. The summed E-state index contributed by atoms with van der Waals surface area (Å²) >= 11 is 0. The molecule has 4 rings (SSSR count). The lowest BCUT2D eigenvalue weighted by Crippen LogP contribution is -2.50. The van der Waals surface area contributed by atoms with Crippen LogP contribution in [0.2, 0.25) is 0 Å². The third-order valence-corrected chi connectivity index (χ3v) is 11.3. The molecule has 0 aliphatic heterocycles. The molecule has 0 bridgehead atoms. The van der Waals surface area contributed by atoms with Crippen LogP contribution in [0.3, 0.4) is 0 Å². The first-order chi connectivity index (χ1) is 19.3. The zero-order valence-electron chi connectivity index (χ0n) is 25.3. The fourth-order valence-electron chi connectivity index (χ4n) is 8.74. The molecule has 3 aliphatic rings. The summed E-state index contributed by atoms with van der Waals surface area (Å²) in [6, 6.07) is 8.61. The SMILES string of the molecule is C[C@@H]1CC[C@H]2[C@@H]3[C@H](CCCCCN(C)CCCCCCCC(F)(F)C(F)(F)F)Cc4ccccc4[C@H]3[C@@H](F)C[C@]12C. The fourth-order valence-corrected chi connectivity index (χ4v) is 8.74. The van der Waals surface area contributed by atoms with Crippen LogP contribution >= 0.6 is 0 Å². The van der Waals surface area contributed by atoms with Crippen LogP contribution in [0.5, 0.6) is 0 Å². The second-order valence-electron chi connectivity index (χ2n) is 13.9. The van der Waals surface area contributed by atoms with Crippen molar-refractivity contribution in [3.05, 3.63) is 35.4 Å². The predicted molar refractivity (Wildman–Crippen MR) is 154 cm³/mol. The van der Waals surface area contributed by atoms with E-state index in [1.54, 1.807) is 0 Å². The molecule has 3 aliphatic carbocycles. The van der Waals surface area contributed by atoms with Gasteiger partial charge >= 0.3 is 12.1 Å². The van der Waals surface area contributed by atoms with Gasteiger partial charge in [-0.2, -0.15) is 22.0 Å². The summed E-state index contributed by atoms with van der Waals surface area (Å²) in [4.78, 5) is 2.30. The third-order valence-electron chi connectivity index (χ3n) is 11.3. The highest BCUT2D eigenvalue weighted by atomic mass is 19.4. The molecule has 1 nitrogen and oxygen atoms in total. The predicted octanol–water partition coefficient (Wildman–Crippen LogP) is 10.4. The van der Waals surface area contributed by atoms with Gasteiger partial charge in [0.15, 0.2) is 0 Å². The van der Waals surface area contributed by atoms with Crippen LogP contribution in [0.25, 0.3) is 0 Å². The average molecular weight is 588 g/mol.